The molecule has 0 radical (unpaired) electrons. The van der Waals surface area contributed by atoms with Gasteiger partial charge in [0.2, 0.25) is 15.9 Å². The van der Waals surface area contributed by atoms with Crippen molar-refractivity contribution in [3.8, 4) is 6.07 Å². The van der Waals surface area contributed by atoms with Crippen LogP contribution in [0.4, 0.5) is 4.39 Å². The average Bonchev–Trinajstić information content (AvgIpc) is 2.41. The number of rotatable bonds is 3. The highest BCUT2D eigenvalue weighted by molar-refractivity contribution is 7.89. The number of amides is 1. The molecule has 0 aromatic heterocycles. The number of carbonyl (C=O) groups is 1. The number of nitriles is 1. The molecule has 0 bridgehead atoms. The molecule has 8 heteroatoms. The summed E-state index contributed by atoms with van der Waals surface area (Å²) in [4.78, 5) is 10.8. The average molecular weight is 297 g/mol. The number of sulfonamides is 1. The molecule has 0 saturated carbocycles. The van der Waals surface area contributed by atoms with E-state index in [-0.39, 0.29) is 29.3 Å². The molecule has 1 aliphatic rings. The molecule has 20 heavy (non-hydrogen) atoms. The van der Waals surface area contributed by atoms with Crippen molar-refractivity contribution in [2.24, 2.45) is 0 Å². The van der Waals surface area contributed by atoms with E-state index in [0.29, 0.717) is 6.42 Å². The van der Waals surface area contributed by atoms with Crippen LogP contribution in [0.25, 0.3) is 0 Å². The molecule has 1 aromatic rings. The molecule has 0 spiro atoms. The first-order valence-electron chi connectivity index (χ1n) is 5.91. The van der Waals surface area contributed by atoms with Crippen molar-refractivity contribution in [1.82, 2.24) is 10.0 Å². The third-order valence-corrected chi connectivity index (χ3v) is 4.47. The van der Waals surface area contributed by atoms with E-state index in [4.69, 9.17) is 5.26 Å². The smallest absolute Gasteiger partial charge is 0.240 e. The second kappa shape index (κ2) is 5.56. The Balaban J connectivity index is 2.18. The van der Waals surface area contributed by atoms with Crippen molar-refractivity contribution in [2.75, 3.05) is 6.54 Å². The number of piperidine rings is 1. The first kappa shape index (κ1) is 14.4. The molecule has 1 unspecified atom stereocenters. The fourth-order valence-corrected chi connectivity index (χ4v) is 3.17. The van der Waals surface area contributed by atoms with E-state index in [1.165, 1.54) is 0 Å². The lowest BCUT2D eigenvalue weighted by atomic mass is 10.1. The molecule has 1 aliphatic heterocycles. The van der Waals surface area contributed by atoms with Gasteiger partial charge in [0.15, 0.2) is 0 Å². The summed E-state index contributed by atoms with van der Waals surface area (Å²) in [6.07, 6.45) is 0.650. The molecular formula is C12H12FN3O3S. The Morgan fingerprint density at radius 1 is 1.45 bits per heavy atom. The van der Waals surface area contributed by atoms with Gasteiger partial charge in [0, 0.05) is 19.0 Å². The summed E-state index contributed by atoms with van der Waals surface area (Å²) in [5, 5.41) is 11.3. The molecule has 2 N–H and O–H groups in total. The topological polar surface area (TPSA) is 99.1 Å². The van der Waals surface area contributed by atoms with Crippen molar-refractivity contribution in [3.63, 3.8) is 0 Å². The minimum absolute atomic E-state index is 0.117. The Morgan fingerprint density at radius 3 is 2.80 bits per heavy atom. The van der Waals surface area contributed by atoms with Crippen LogP contribution in [0.15, 0.2) is 23.1 Å². The summed E-state index contributed by atoms with van der Waals surface area (Å²) < 4.78 is 39.8. The lowest BCUT2D eigenvalue weighted by Gasteiger charge is -2.23. The van der Waals surface area contributed by atoms with Gasteiger partial charge < -0.3 is 5.32 Å². The Morgan fingerprint density at radius 2 is 2.20 bits per heavy atom. The van der Waals surface area contributed by atoms with Gasteiger partial charge in [-0.3, -0.25) is 4.79 Å². The van der Waals surface area contributed by atoms with Crippen LogP contribution >= 0.6 is 0 Å². The van der Waals surface area contributed by atoms with Gasteiger partial charge in [0.1, 0.15) is 11.9 Å². The van der Waals surface area contributed by atoms with E-state index < -0.39 is 21.9 Å². The lowest BCUT2D eigenvalue weighted by Crippen LogP contribution is -2.47. The van der Waals surface area contributed by atoms with Crippen LogP contribution in [0.3, 0.4) is 0 Å². The fourth-order valence-electron chi connectivity index (χ4n) is 1.88. The van der Waals surface area contributed by atoms with Crippen molar-refractivity contribution >= 4 is 15.9 Å². The summed E-state index contributed by atoms with van der Waals surface area (Å²) >= 11 is 0. The monoisotopic (exact) mass is 297 g/mol. The number of hydrogen-bond acceptors (Lipinski definition) is 4. The Labute approximate surface area is 115 Å². The number of nitrogens with zero attached hydrogens (tertiary/aromatic N) is 1. The Bertz CT molecular complexity index is 672. The van der Waals surface area contributed by atoms with Crippen molar-refractivity contribution in [2.45, 2.75) is 23.8 Å². The van der Waals surface area contributed by atoms with Gasteiger partial charge in [-0.15, -0.1) is 0 Å². The largest absolute Gasteiger partial charge is 0.355 e. The van der Waals surface area contributed by atoms with Crippen molar-refractivity contribution in [3.05, 3.63) is 29.6 Å². The van der Waals surface area contributed by atoms with Gasteiger partial charge in [-0.25, -0.2) is 17.5 Å². The van der Waals surface area contributed by atoms with Crippen LogP contribution in [-0.2, 0) is 14.8 Å². The van der Waals surface area contributed by atoms with Gasteiger partial charge in [0.25, 0.3) is 0 Å². The quantitative estimate of drug-likeness (QED) is 0.835. The molecule has 106 valence electrons. The maximum atomic E-state index is 13.2. The number of benzene rings is 1. The number of nitrogens with one attached hydrogen (secondary N) is 2. The van der Waals surface area contributed by atoms with Gasteiger partial charge in [-0.1, -0.05) is 0 Å². The molecule has 1 aromatic carbocycles. The second-order valence-corrected chi connectivity index (χ2v) is 6.13. The standard InChI is InChI=1S/C12H12FN3O3S/c13-11-3-2-10(5-8(11)6-14)20(18,19)16-9-1-4-12(17)15-7-9/h2-3,5,9,16H,1,4,7H2,(H,15,17). The molecule has 0 aliphatic carbocycles. The molecule has 1 atom stereocenters. The van der Waals surface area contributed by atoms with E-state index in [1.807, 2.05) is 0 Å². The van der Waals surface area contributed by atoms with Crippen LogP contribution in [0.5, 0.6) is 0 Å². The summed E-state index contributed by atoms with van der Waals surface area (Å²) in [6.45, 7) is 0.213. The first-order chi connectivity index (χ1) is 9.42. The van der Waals surface area contributed by atoms with E-state index in [9.17, 15) is 17.6 Å². The molecule has 1 amide bonds. The van der Waals surface area contributed by atoms with Crippen LogP contribution < -0.4 is 10.0 Å². The number of halogens is 1. The van der Waals surface area contributed by atoms with Crippen LogP contribution in [0, 0.1) is 17.1 Å². The normalized spacial score (nSPS) is 19.2. The highest BCUT2D eigenvalue weighted by Crippen LogP contribution is 2.16. The molecule has 6 nitrogen and oxygen atoms in total. The highest BCUT2D eigenvalue weighted by Gasteiger charge is 2.24. The number of carbonyl (C=O) groups excluding carboxylic acids is 1. The lowest BCUT2D eigenvalue weighted by molar-refractivity contribution is -0.122. The fraction of sp³-hybridized carbons (Fsp3) is 0.333. The molecular weight excluding hydrogens is 285 g/mol. The maximum absolute atomic E-state index is 13.2. The molecule has 2 rings (SSSR count). The molecule has 1 saturated heterocycles. The van der Waals surface area contributed by atoms with Crippen LogP contribution in [0.2, 0.25) is 0 Å². The third-order valence-electron chi connectivity index (χ3n) is 2.96. The zero-order chi connectivity index (χ0) is 14.8. The van der Waals surface area contributed by atoms with Crippen LogP contribution in [0.1, 0.15) is 18.4 Å². The van der Waals surface area contributed by atoms with Gasteiger partial charge in [0.05, 0.1) is 10.5 Å². The Hall–Kier alpha value is -1.98. The Kier molecular flexibility index (Phi) is 4.01. The van der Waals surface area contributed by atoms with Gasteiger partial charge in [-0.05, 0) is 24.6 Å². The number of hydrogen-bond donors (Lipinski definition) is 2. The minimum atomic E-state index is -3.85. The zero-order valence-electron chi connectivity index (χ0n) is 10.4. The maximum Gasteiger partial charge on any atom is 0.240 e. The van der Waals surface area contributed by atoms with E-state index in [1.54, 1.807) is 6.07 Å². The van der Waals surface area contributed by atoms with Gasteiger partial charge >= 0.3 is 0 Å². The van der Waals surface area contributed by atoms with E-state index in [2.05, 4.69) is 10.0 Å². The molecule has 1 heterocycles. The van der Waals surface area contributed by atoms with Gasteiger partial charge in [-0.2, -0.15) is 5.26 Å². The SMILES string of the molecule is N#Cc1cc(S(=O)(=O)NC2CCC(=O)NC2)ccc1F. The third kappa shape index (κ3) is 3.12. The summed E-state index contributed by atoms with van der Waals surface area (Å²) in [5.74, 6) is -0.884. The van der Waals surface area contributed by atoms with Crippen molar-refractivity contribution < 1.29 is 17.6 Å². The van der Waals surface area contributed by atoms with Crippen molar-refractivity contribution in [1.29, 1.82) is 5.26 Å². The highest BCUT2D eigenvalue weighted by atomic mass is 32.2. The minimum Gasteiger partial charge on any atom is -0.355 e. The van der Waals surface area contributed by atoms with E-state index >= 15 is 0 Å². The second-order valence-electron chi connectivity index (χ2n) is 4.41. The van der Waals surface area contributed by atoms with Crippen LogP contribution in [-0.4, -0.2) is 26.9 Å². The summed E-state index contributed by atoms with van der Waals surface area (Å²) in [6, 6.07) is 4.21. The summed E-state index contributed by atoms with van der Waals surface area (Å²) in [7, 11) is -3.85. The summed E-state index contributed by atoms with van der Waals surface area (Å²) in [5.41, 5.74) is -0.329. The predicted molar refractivity (Wildman–Crippen MR) is 67.5 cm³/mol. The predicted octanol–water partition coefficient (Wildman–Crippen LogP) is 0.254. The first-order valence-corrected chi connectivity index (χ1v) is 7.39. The zero-order valence-corrected chi connectivity index (χ0v) is 11.2. The van der Waals surface area contributed by atoms with E-state index in [0.717, 1.165) is 18.2 Å². The molecule has 1 fully saturated rings.